The zero-order valence-corrected chi connectivity index (χ0v) is 13.8. The maximum atomic E-state index is 13.2. The highest BCUT2D eigenvalue weighted by molar-refractivity contribution is 9.10. The first kappa shape index (κ1) is 14.3. The molecule has 1 aromatic heterocycles. The monoisotopic (exact) mass is 410 g/mol. The SMILES string of the molecule is Nc1onc(-c2ccc(F)cc2Br)c1-c1cccc(Br)c1. The lowest BCUT2D eigenvalue weighted by molar-refractivity contribution is 0.439. The fourth-order valence-corrected chi connectivity index (χ4v) is 3.03. The molecule has 0 aliphatic carbocycles. The average Bonchev–Trinajstić information content (AvgIpc) is 2.80. The minimum atomic E-state index is -0.328. The second-order valence-corrected chi connectivity index (χ2v) is 6.17. The van der Waals surface area contributed by atoms with Gasteiger partial charge in [0.05, 0.1) is 5.56 Å². The summed E-state index contributed by atoms with van der Waals surface area (Å²) in [6, 6.07) is 12.0. The summed E-state index contributed by atoms with van der Waals surface area (Å²) in [5.74, 6) is -0.106. The van der Waals surface area contributed by atoms with Crippen molar-refractivity contribution >= 4 is 37.7 Å². The molecule has 106 valence electrons. The molecule has 3 nitrogen and oxygen atoms in total. The van der Waals surface area contributed by atoms with Gasteiger partial charge < -0.3 is 10.3 Å². The molecule has 0 spiro atoms. The smallest absolute Gasteiger partial charge is 0.230 e. The van der Waals surface area contributed by atoms with Gasteiger partial charge in [-0.1, -0.05) is 33.2 Å². The second-order valence-electron chi connectivity index (χ2n) is 4.40. The maximum absolute atomic E-state index is 13.2. The molecule has 0 saturated carbocycles. The molecule has 0 aliphatic rings. The number of benzene rings is 2. The zero-order chi connectivity index (χ0) is 15.0. The van der Waals surface area contributed by atoms with Crippen LogP contribution in [0.25, 0.3) is 22.4 Å². The number of rotatable bonds is 2. The van der Waals surface area contributed by atoms with Crippen LogP contribution in [0.15, 0.2) is 55.9 Å². The summed E-state index contributed by atoms with van der Waals surface area (Å²) < 4.78 is 19.9. The maximum Gasteiger partial charge on any atom is 0.230 e. The predicted octanol–water partition coefficient (Wildman–Crippen LogP) is 5.25. The molecule has 0 aliphatic heterocycles. The van der Waals surface area contributed by atoms with Crippen molar-refractivity contribution in [1.29, 1.82) is 0 Å². The molecule has 2 aromatic carbocycles. The molecule has 6 heteroatoms. The summed E-state index contributed by atoms with van der Waals surface area (Å²) in [6.45, 7) is 0. The fraction of sp³-hybridized carbons (Fsp3) is 0. The molecule has 21 heavy (non-hydrogen) atoms. The van der Waals surface area contributed by atoms with Gasteiger partial charge in [0, 0.05) is 14.5 Å². The van der Waals surface area contributed by atoms with Crippen molar-refractivity contribution in [2.75, 3.05) is 5.73 Å². The number of hydrogen-bond acceptors (Lipinski definition) is 3. The molecule has 0 fully saturated rings. The minimum Gasteiger partial charge on any atom is -0.367 e. The molecule has 3 rings (SSSR count). The van der Waals surface area contributed by atoms with Gasteiger partial charge >= 0.3 is 0 Å². The van der Waals surface area contributed by atoms with Gasteiger partial charge in [-0.3, -0.25) is 0 Å². The third-order valence-corrected chi connectivity index (χ3v) is 4.17. The highest BCUT2D eigenvalue weighted by Gasteiger charge is 2.19. The quantitative estimate of drug-likeness (QED) is 0.626. The number of anilines is 1. The van der Waals surface area contributed by atoms with Crippen LogP contribution in [0.4, 0.5) is 10.3 Å². The lowest BCUT2D eigenvalue weighted by Gasteiger charge is -2.05. The van der Waals surface area contributed by atoms with Crippen LogP contribution in [0.5, 0.6) is 0 Å². The summed E-state index contributed by atoms with van der Waals surface area (Å²) >= 11 is 6.77. The first-order chi connectivity index (χ1) is 10.1. The topological polar surface area (TPSA) is 52.0 Å². The van der Waals surface area contributed by atoms with Gasteiger partial charge in [0.25, 0.3) is 0 Å². The predicted molar refractivity (Wildman–Crippen MR) is 87.1 cm³/mol. The summed E-state index contributed by atoms with van der Waals surface area (Å²) in [5.41, 5.74) is 8.74. The summed E-state index contributed by atoms with van der Waals surface area (Å²) in [6.07, 6.45) is 0. The summed E-state index contributed by atoms with van der Waals surface area (Å²) in [7, 11) is 0. The molecule has 3 aromatic rings. The second kappa shape index (κ2) is 5.61. The van der Waals surface area contributed by atoms with E-state index in [9.17, 15) is 4.39 Å². The van der Waals surface area contributed by atoms with Crippen LogP contribution in [0.1, 0.15) is 0 Å². The lowest BCUT2D eigenvalue weighted by Crippen LogP contribution is -1.89. The first-order valence-electron chi connectivity index (χ1n) is 6.03. The van der Waals surface area contributed by atoms with Gasteiger partial charge in [-0.25, -0.2) is 4.39 Å². The van der Waals surface area contributed by atoms with Crippen molar-refractivity contribution < 1.29 is 8.91 Å². The van der Waals surface area contributed by atoms with E-state index >= 15 is 0 Å². The largest absolute Gasteiger partial charge is 0.367 e. The van der Waals surface area contributed by atoms with Gasteiger partial charge in [-0.2, -0.15) is 0 Å². The van der Waals surface area contributed by atoms with Crippen molar-refractivity contribution in [2.45, 2.75) is 0 Å². The van der Waals surface area contributed by atoms with Gasteiger partial charge in [0.1, 0.15) is 11.5 Å². The normalized spacial score (nSPS) is 10.8. The van der Waals surface area contributed by atoms with E-state index in [1.54, 1.807) is 6.07 Å². The summed E-state index contributed by atoms with van der Waals surface area (Å²) in [4.78, 5) is 0. The Hall–Kier alpha value is -1.66. The first-order valence-corrected chi connectivity index (χ1v) is 7.61. The number of nitrogens with zero attached hydrogens (tertiary/aromatic N) is 1. The minimum absolute atomic E-state index is 0.222. The number of aromatic nitrogens is 1. The zero-order valence-electron chi connectivity index (χ0n) is 10.6. The van der Waals surface area contributed by atoms with E-state index in [1.807, 2.05) is 24.3 Å². The number of hydrogen-bond donors (Lipinski definition) is 1. The van der Waals surface area contributed by atoms with E-state index in [0.717, 1.165) is 10.0 Å². The summed E-state index contributed by atoms with van der Waals surface area (Å²) in [5, 5.41) is 4.01. The van der Waals surface area contributed by atoms with Crippen molar-refractivity contribution in [3.05, 3.63) is 57.2 Å². The van der Waals surface area contributed by atoms with Crippen LogP contribution in [-0.4, -0.2) is 5.16 Å². The van der Waals surface area contributed by atoms with Gasteiger partial charge in [-0.05, 0) is 51.8 Å². The Morgan fingerprint density at radius 2 is 1.90 bits per heavy atom. The van der Waals surface area contributed by atoms with Crippen molar-refractivity contribution in [1.82, 2.24) is 5.16 Å². The molecule has 0 bridgehead atoms. The van der Waals surface area contributed by atoms with Crippen LogP contribution in [0.3, 0.4) is 0 Å². The Bertz CT molecular complexity index is 817. The molecule has 0 amide bonds. The van der Waals surface area contributed by atoms with E-state index in [4.69, 9.17) is 10.3 Å². The molecule has 0 saturated heterocycles. The Morgan fingerprint density at radius 3 is 2.62 bits per heavy atom. The Balaban J connectivity index is 2.22. The van der Waals surface area contributed by atoms with Crippen LogP contribution in [-0.2, 0) is 0 Å². The van der Waals surface area contributed by atoms with Crippen molar-refractivity contribution in [3.8, 4) is 22.4 Å². The molecular formula is C15H9Br2FN2O. The molecule has 2 N–H and O–H groups in total. The van der Waals surface area contributed by atoms with Crippen LogP contribution in [0.2, 0.25) is 0 Å². The van der Waals surface area contributed by atoms with E-state index in [2.05, 4.69) is 37.0 Å². The van der Waals surface area contributed by atoms with E-state index < -0.39 is 0 Å². The van der Waals surface area contributed by atoms with E-state index in [1.165, 1.54) is 12.1 Å². The molecular weight excluding hydrogens is 403 g/mol. The number of halogens is 3. The van der Waals surface area contributed by atoms with Crippen molar-refractivity contribution in [3.63, 3.8) is 0 Å². The van der Waals surface area contributed by atoms with Crippen molar-refractivity contribution in [2.24, 2.45) is 0 Å². The fourth-order valence-electron chi connectivity index (χ4n) is 2.09. The van der Waals surface area contributed by atoms with E-state index in [-0.39, 0.29) is 11.7 Å². The molecule has 0 atom stereocenters. The number of nitrogen functional groups attached to an aromatic ring is 1. The van der Waals surface area contributed by atoms with Gasteiger partial charge in [-0.15, -0.1) is 0 Å². The Labute approximate surface area is 137 Å². The standard InChI is InChI=1S/C15H9Br2FN2O/c16-9-3-1-2-8(6-9)13-14(20-21-15(13)19)11-5-4-10(18)7-12(11)17/h1-7H,19H2. The average molecular weight is 412 g/mol. The Morgan fingerprint density at radius 1 is 1.10 bits per heavy atom. The van der Waals surface area contributed by atoms with Crippen LogP contribution in [0, 0.1) is 5.82 Å². The highest BCUT2D eigenvalue weighted by Crippen LogP contribution is 2.39. The number of nitrogens with two attached hydrogens (primary N) is 1. The van der Waals surface area contributed by atoms with Crippen LogP contribution < -0.4 is 5.73 Å². The Kier molecular flexibility index (Phi) is 3.82. The van der Waals surface area contributed by atoms with Gasteiger partial charge in [0.15, 0.2) is 0 Å². The highest BCUT2D eigenvalue weighted by atomic mass is 79.9. The molecule has 1 heterocycles. The van der Waals surface area contributed by atoms with E-state index in [0.29, 0.717) is 21.3 Å². The third-order valence-electron chi connectivity index (χ3n) is 3.02. The molecule has 0 radical (unpaired) electrons. The third kappa shape index (κ3) is 2.73. The van der Waals surface area contributed by atoms with Gasteiger partial charge in [0.2, 0.25) is 5.88 Å². The van der Waals surface area contributed by atoms with Crippen LogP contribution >= 0.6 is 31.9 Å². The lowest BCUT2D eigenvalue weighted by atomic mass is 10.0. The molecule has 0 unspecified atom stereocenters.